The fourth-order valence-electron chi connectivity index (χ4n) is 3.20. The third kappa shape index (κ3) is 4.52. The molecule has 4 nitrogen and oxygen atoms in total. The van der Waals surface area contributed by atoms with Crippen molar-refractivity contribution >= 4 is 0 Å². The van der Waals surface area contributed by atoms with Crippen molar-refractivity contribution in [3.05, 3.63) is 59.4 Å². The van der Waals surface area contributed by atoms with Crippen molar-refractivity contribution in [1.29, 1.82) is 0 Å². The minimum Gasteiger partial charge on any atom is -0.496 e. The molecule has 1 aromatic heterocycles. The first-order chi connectivity index (χ1) is 12.2. The molecule has 6 heteroatoms. The zero-order valence-corrected chi connectivity index (χ0v) is 14.4. The summed E-state index contributed by atoms with van der Waals surface area (Å²) in [4.78, 5) is 8.87. The Morgan fingerprint density at radius 1 is 1.00 bits per heavy atom. The molecular formula is C19H23F2N3O. The molecule has 134 valence electrons. The van der Waals surface area contributed by atoms with Gasteiger partial charge in [-0.2, -0.15) is 0 Å². The average Bonchev–Trinajstić information content (AvgIpc) is 2.85. The summed E-state index contributed by atoms with van der Waals surface area (Å²) >= 11 is 0. The van der Waals surface area contributed by atoms with Gasteiger partial charge in [0.05, 0.1) is 12.8 Å². The maximum absolute atomic E-state index is 14.2. The number of benzene rings is 1. The monoisotopic (exact) mass is 347 g/mol. The molecule has 1 aliphatic rings. The molecule has 0 saturated carbocycles. The van der Waals surface area contributed by atoms with Crippen LogP contribution in [0.1, 0.15) is 17.7 Å². The largest absolute Gasteiger partial charge is 0.496 e. The van der Waals surface area contributed by atoms with E-state index in [9.17, 15) is 8.78 Å². The van der Waals surface area contributed by atoms with E-state index in [-0.39, 0.29) is 0 Å². The molecule has 1 aliphatic heterocycles. The maximum atomic E-state index is 14.2. The van der Waals surface area contributed by atoms with E-state index in [2.05, 4.69) is 14.8 Å². The fourth-order valence-corrected chi connectivity index (χ4v) is 3.20. The van der Waals surface area contributed by atoms with Gasteiger partial charge in [0.2, 0.25) is 0 Å². The van der Waals surface area contributed by atoms with Crippen LogP contribution in [0.15, 0.2) is 36.5 Å². The summed E-state index contributed by atoms with van der Waals surface area (Å²) in [5.74, 6) is -1.25. The van der Waals surface area contributed by atoms with Gasteiger partial charge in [0.15, 0.2) is 11.6 Å². The lowest BCUT2D eigenvalue weighted by Crippen LogP contribution is -2.30. The number of hydrogen-bond acceptors (Lipinski definition) is 4. The van der Waals surface area contributed by atoms with Crippen LogP contribution in [0.5, 0.6) is 5.75 Å². The minimum absolute atomic E-state index is 0.292. The van der Waals surface area contributed by atoms with E-state index in [4.69, 9.17) is 4.74 Å². The second kappa shape index (κ2) is 8.36. The number of aromatic nitrogens is 1. The van der Waals surface area contributed by atoms with E-state index in [1.165, 1.54) is 13.2 Å². The molecule has 0 amide bonds. The van der Waals surface area contributed by atoms with Crippen molar-refractivity contribution in [3.63, 3.8) is 0 Å². The third-order valence-corrected chi connectivity index (χ3v) is 4.55. The Morgan fingerprint density at radius 2 is 1.76 bits per heavy atom. The molecule has 2 heterocycles. The van der Waals surface area contributed by atoms with Crippen LogP contribution in [-0.4, -0.2) is 48.1 Å². The molecule has 3 rings (SSSR count). The quantitative estimate of drug-likeness (QED) is 0.831. The predicted molar refractivity (Wildman–Crippen MR) is 92.3 cm³/mol. The van der Waals surface area contributed by atoms with Crippen LogP contribution in [0.25, 0.3) is 0 Å². The summed E-state index contributed by atoms with van der Waals surface area (Å²) in [6.45, 7) is 4.64. The van der Waals surface area contributed by atoms with Gasteiger partial charge < -0.3 is 4.74 Å². The molecule has 0 bridgehead atoms. The van der Waals surface area contributed by atoms with E-state index in [0.717, 1.165) is 50.9 Å². The number of methoxy groups -OCH3 is 1. The van der Waals surface area contributed by atoms with Crippen molar-refractivity contribution in [2.45, 2.75) is 19.5 Å². The van der Waals surface area contributed by atoms with E-state index in [0.29, 0.717) is 17.9 Å². The summed E-state index contributed by atoms with van der Waals surface area (Å²) in [5.41, 5.74) is 1.34. The summed E-state index contributed by atoms with van der Waals surface area (Å²) in [6, 6.07) is 8.52. The molecule has 0 atom stereocenters. The summed E-state index contributed by atoms with van der Waals surface area (Å²) in [7, 11) is 1.48. The van der Waals surface area contributed by atoms with Crippen LogP contribution in [0.2, 0.25) is 0 Å². The highest BCUT2D eigenvalue weighted by Gasteiger charge is 2.20. The summed E-state index contributed by atoms with van der Waals surface area (Å²) in [6.07, 6.45) is 2.78. The molecule has 25 heavy (non-hydrogen) atoms. The molecule has 1 aromatic carbocycles. The van der Waals surface area contributed by atoms with Gasteiger partial charge in [0.1, 0.15) is 5.75 Å². The second-order valence-electron chi connectivity index (χ2n) is 6.27. The van der Waals surface area contributed by atoms with Crippen molar-refractivity contribution in [1.82, 2.24) is 14.8 Å². The zero-order valence-electron chi connectivity index (χ0n) is 14.4. The lowest BCUT2D eigenvalue weighted by atomic mass is 10.1. The summed E-state index contributed by atoms with van der Waals surface area (Å²) in [5, 5.41) is 0. The molecule has 1 fully saturated rings. The Balaban J connectivity index is 1.63. The standard InChI is InChI=1S/C19H23F2N3O/c1-25-18-7-6-17(20)19(21)16(18)14-24-10-4-9-23(11-12-24)13-15-5-2-3-8-22-15/h2-3,5-8H,4,9-14H2,1H3. The Labute approximate surface area is 147 Å². The van der Waals surface area contributed by atoms with Gasteiger partial charge in [-0.3, -0.25) is 14.8 Å². The van der Waals surface area contributed by atoms with Crippen molar-refractivity contribution in [3.8, 4) is 5.75 Å². The molecule has 0 spiro atoms. The molecule has 1 saturated heterocycles. The highest BCUT2D eigenvalue weighted by atomic mass is 19.2. The Hall–Kier alpha value is -2.05. The number of hydrogen-bond donors (Lipinski definition) is 0. The van der Waals surface area contributed by atoms with Gasteiger partial charge in [0.25, 0.3) is 0 Å². The Bertz CT molecular complexity index is 697. The first-order valence-electron chi connectivity index (χ1n) is 8.53. The van der Waals surface area contributed by atoms with Gasteiger partial charge in [-0.1, -0.05) is 6.07 Å². The Kier molecular flexibility index (Phi) is 5.94. The predicted octanol–water partition coefficient (Wildman–Crippen LogP) is 3.08. The lowest BCUT2D eigenvalue weighted by Gasteiger charge is -2.22. The van der Waals surface area contributed by atoms with Gasteiger partial charge >= 0.3 is 0 Å². The van der Waals surface area contributed by atoms with Gasteiger partial charge in [-0.25, -0.2) is 8.78 Å². The van der Waals surface area contributed by atoms with E-state index in [1.807, 2.05) is 18.2 Å². The van der Waals surface area contributed by atoms with E-state index < -0.39 is 11.6 Å². The lowest BCUT2D eigenvalue weighted by molar-refractivity contribution is 0.240. The number of ether oxygens (including phenoxy) is 1. The molecule has 2 aromatic rings. The highest BCUT2D eigenvalue weighted by Crippen LogP contribution is 2.25. The van der Waals surface area contributed by atoms with Gasteiger partial charge in [-0.15, -0.1) is 0 Å². The first kappa shape index (κ1) is 17.8. The number of pyridine rings is 1. The van der Waals surface area contributed by atoms with Crippen molar-refractivity contribution < 1.29 is 13.5 Å². The van der Waals surface area contributed by atoms with Crippen LogP contribution in [0, 0.1) is 11.6 Å². The van der Waals surface area contributed by atoms with Crippen molar-refractivity contribution in [2.24, 2.45) is 0 Å². The van der Waals surface area contributed by atoms with Crippen molar-refractivity contribution in [2.75, 3.05) is 33.3 Å². The van der Waals surface area contributed by atoms with Crippen LogP contribution in [-0.2, 0) is 13.1 Å². The topological polar surface area (TPSA) is 28.6 Å². The average molecular weight is 347 g/mol. The van der Waals surface area contributed by atoms with E-state index in [1.54, 1.807) is 6.20 Å². The van der Waals surface area contributed by atoms with Crippen LogP contribution >= 0.6 is 0 Å². The molecule has 0 aliphatic carbocycles. The summed E-state index contributed by atoms with van der Waals surface area (Å²) < 4.78 is 32.9. The van der Waals surface area contributed by atoms with Crippen LogP contribution in [0.3, 0.4) is 0 Å². The first-order valence-corrected chi connectivity index (χ1v) is 8.53. The fraction of sp³-hybridized carbons (Fsp3) is 0.421. The number of nitrogens with zero attached hydrogens (tertiary/aromatic N) is 3. The Morgan fingerprint density at radius 3 is 2.44 bits per heavy atom. The molecule has 0 unspecified atom stereocenters. The second-order valence-corrected chi connectivity index (χ2v) is 6.27. The normalized spacial score (nSPS) is 16.6. The minimum atomic E-state index is -0.831. The third-order valence-electron chi connectivity index (χ3n) is 4.55. The van der Waals surface area contributed by atoms with Gasteiger partial charge in [-0.05, 0) is 43.8 Å². The zero-order chi connectivity index (χ0) is 17.6. The van der Waals surface area contributed by atoms with Crippen LogP contribution in [0.4, 0.5) is 8.78 Å². The SMILES string of the molecule is COc1ccc(F)c(F)c1CN1CCCN(Cc2ccccn2)CC1. The maximum Gasteiger partial charge on any atom is 0.167 e. The van der Waals surface area contributed by atoms with Gasteiger partial charge in [0, 0.05) is 37.9 Å². The molecule has 0 radical (unpaired) electrons. The molecular weight excluding hydrogens is 324 g/mol. The van der Waals surface area contributed by atoms with E-state index >= 15 is 0 Å². The van der Waals surface area contributed by atoms with Crippen LogP contribution < -0.4 is 4.74 Å². The number of halogens is 2. The number of rotatable bonds is 5. The molecule has 0 N–H and O–H groups in total. The highest BCUT2D eigenvalue weighted by molar-refractivity contribution is 5.35. The smallest absolute Gasteiger partial charge is 0.167 e.